The van der Waals surface area contributed by atoms with E-state index >= 15 is 0 Å². The van der Waals surface area contributed by atoms with Gasteiger partial charge in [-0.15, -0.1) is 0 Å². The molecule has 0 aliphatic carbocycles. The molecule has 2 saturated heterocycles. The molecule has 1 atom stereocenters. The molecule has 33 heavy (non-hydrogen) atoms. The highest BCUT2D eigenvalue weighted by molar-refractivity contribution is 6.33. The summed E-state index contributed by atoms with van der Waals surface area (Å²) in [5.74, 6) is 1.40. The van der Waals surface area contributed by atoms with Crippen LogP contribution in [0.5, 0.6) is 0 Å². The predicted molar refractivity (Wildman–Crippen MR) is 130 cm³/mol. The number of halogens is 1. The van der Waals surface area contributed by atoms with E-state index in [4.69, 9.17) is 16.1 Å². The maximum Gasteiger partial charge on any atom is 0.241 e. The van der Waals surface area contributed by atoms with Crippen molar-refractivity contribution in [2.75, 3.05) is 32.7 Å². The summed E-state index contributed by atoms with van der Waals surface area (Å²) in [6.07, 6.45) is 7.99. The summed E-state index contributed by atoms with van der Waals surface area (Å²) in [4.78, 5) is 22.0. The van der Waals surface area contributed by atoms with Crippen LogP contribution in [-0.2, 0) is 11.3 Å². The average molecular weight is 474 g/mol. The molecule has 1 unspecified atom stereocenters. The Labute approximate surface area is 201 Å². The van der Waals surface area contributed by atoms with E-state index in [1.54, 1.807) is 0 Å². The SMILES string of the molecule is CCC1CCCCN1CCCNC(=O)C1CCN(Cc2nc(-c3ccccc3Cl)no2)CC1. The maximum absolute atomic E-state index is 12.6. The van der Waals surface area contributed by atoms with Gasteiger partial charge in [-0.2, -0.15) is 4.98 Å². The molecule has 0 spiro atoms. The first-order valence-corrected chi connectivity index (χ1v) is 12.8. The van der Waals surface area contributed by atoms with Crippen LogP contribution in [0.1, 0.15) is 57.8 Å². The highest BCUT2D eigenvalue weighted by Gasteiger charge is 2.26. The van der Waals surface area contributed by atoms with Gasteiger partial charge in [0.2, 0.25) is 17.6 Å². The van der Waals surface area contributed by atoms with E-state index in [1.807, 2.05) is 24.3 Å². The van der Waals surface area contributed by atoms with Gasteiger partial charge in [0.15, 0.2) is 0 Å². The van der Waals surface area contributed by atoms with Crippen LogP contribution in [0.2, 0.25) is 5.02 Å². The molecular weight excluding hydrogens is 438 g/mol. The monoisotopic (exact) mass is 473 g/mol. The fourth-order valence-electron chi connectivity index (χ4n) is 5.07. The van der Waals surface area contributed by atoms with Crippen LogP contribution in [0.3, 0.4) is 0 Å². The summed E-state index contributed by atoms with van der Waals surface area (Å²) in [6, 6.07) is 8.22. The summed E-state index contributed by atoms with van der Waals surface area (Å²) >= 11 is 6.23. The highest BCUT2D eigenvalue weighted by Crippen LogP contribution is 2.26. The minimum absolute atomic E-state index is 0.0981. The van der Waals surface area contributed by atoms with Crippen LogP contribution >= 0.6 is 11.6 Å². The summed E-state index contributed by atoms with van der Waals surface area (Å²) in [7, 11) is 0. The quantitative estimate of drug-likeness (QED) is 0.545. The number of benzene rings is 1. The Bertz CT molecular complexity index is 896. The number of piperidine rings is 2. The molecule has 0 radical (unpaired) electrons. The molecular formula is C25H36ClN5O2. The number of rotatable bonds is 9. The molecule has 4 rings (SSSR count). The van der Waals surface area contributed by atoms with Gasteiger partial charge in [-0.05, 0) is 70.3 Å². The number of carbonyl (C=O) groups is 1. The van der Waals surface area contributed by atoms with Gasteiger partial charge in [-0.25, -0.2) is 0 Å². The number of carbonyl (C=O) groups excluding carboxylic acids is 1. The highest BCUT2D eigenvalue weighted by atomic mass is 35.5. The Morgan fingerprint density at radius 1 is 1.18 bits per heavy atom. The van der Waals surface area contributed by atoms with Crippen LogP contribution in [0.15, 0.2) is 28.8 Å². The second-order valence-electron chi connectivity index (χ2n) is 9.28. The zero-order valence-corrected chi connectivity index (χ0v) is 20.4. The fourth-order valence-corrected chi connectivity index (χ4v) is 5.29. The molecule has 180 valence electrons. The molecule has 1 N–H and O–H groups in total. The van der Waals surface area contributed by atoms with Crippen molar-refractivity contribution in [2.45, 2.75) is 64.5 Å². The smallest absolute Gasteiger partial charge is 0.241 e. The Balaban J connectivity index is 1.15. The van der Waals surface area contributed by atoms with Crippen molar-refractivity contribution in [3.05, 3.63) is 35.2 Å². The Morgan fingerprint density at radius 3 is 2.79 bits per heavy atom. The summed E-state index contributed by atoms with van der Waals surface area (Å²) in [5.41, 5.74) is 0.773. The van der Waals surface area contributed by atoms with E-state index in [0.717, 1.165) is 57.0 Å². The van der Waals surface area contributed by atoms with E-state index in [1.165, 1.54) is 32.2 Å². The zero-order chi connectivity index (χ0) is 23.0. The first-order valence-electron chi connectivity index (χ1n) is 12.5. The van der Waals surface area contributed by atoms with Crippen molar-refractivity contribution in [2.24, 2.45) is 5.92 Å². The third kappa shape index (κ3) is 6.55. The number of likely N-dealkylation sites (tertiary alicyclic amines) is 2. The molecule has 0 saturated carbocycles. The number of amides is 1. The lowest BCUT2D eigenvalue weighted by Crippen LogP contribution is -2.42. The number of nitrogens with zero attached hydrogens (tertiary/aromatic N) is 4. The average Bonchev–Trinajstić information content (AvgIpc) is 3.31. The van der Waals surface area contributed by atoms with Gasteiger partial charge in [0.25, 0.3) is 0 Å². The molecule has 3 heterocycles. The molecule has 2 fully saturated rings. The van der Waals surface area contributed by atoms with Crippen LogP contribution in [0, 0.1) is 5.92 Å². The lowest BCUT2D eigenvalue weighted by Gasteiger charge is -2.35. The topological polar surface area (TPSA) is 74.5 Å². The standard InChI is InChI=1S/C25H36ClN5O2/c1-2-20-8-5-6-14-31(20)15-7-13-27-25(32)19-11-16-30(17-12-19)18-23-28-24(29-33-23)21-9-3-4-10-22(21)26/h3-4,9-10,19-20H,2,5-8,11-18H2,1H3,(H,27,32). The van der Waals surface area contributed by atoms with E-state index in [0.29, 0.717) is 23.3 Å². The molecule has 2 aromatic rings. The molecule has 7 nitrogen and oxygen atoms in total. The van der Waals surface area contributed by atoms with Gasteiger partial charge in [0.1, 0.15) is 0 Å². The van der Waals surface area contributed by atoms with Gasteiger partial charge in [0.05, 0.1) is 11.6 Å². The largest absolute Gasteiger partial charge is 0.356 e. The van der Waals surface area contributed by atoms with Crippen molar-refractivity contribution in [1.29, 1.82) is 0 Å². The van der Waals surface area contributed by atoms with Crippen LogP contribution < -0.4 is 5.32 Å². The number of nitrogens with one attached hydrogen (secondary N) is 1. The molecule has 2 aliphatic heterocycles. The second kappa shape index (κ2) is 12.0. The number of aromatic nitrogens is 2. The van der Waals surface area contributed by atoms with Crippen LogP contribution in [0.4, 0.5) is 0 Å². The summed E-state index contributed by atoms with van der Waals surface area (Å²) < 4.78 is 5.44. The van der Waals surface area contributed by atoms with Crippen molar-refractivity contribution in [3.8, 4) is 11.4 Å². The molecule has 1 amide bonds. The normalized spacial score (nSPS) is 20.7. The molecule has 1 aromatic carbocycles. The Kier molecular flexibility index (Phi) is 8.75. The minimum atomic E-state index is 0.0981. The minimum Gasteiger partial charge on any atom is -0.356 e. The number of hydrogen-bond donors (Lipinski definition) is 1. The van der Waals surface area contributed by atoms with Gasteiger partial charge in [0, 0.05) is 30.6 Å². The lowest BCUT2D eigenvalue weighted by molar-refractivity contribution is -0.126. The third-order valence-electron chi connectivity index (χ3n) is 7.04. The Hall–Kier alpha value is -1.96. The third-order valence-corrected chi connectivity index (χ3v) is 7.37. The summed E-state index contributed by atoms with van der Waals surface area (Å²) in [5, 5.41) is 7.86. The molecule has 1 aromatic heterocycles. The fraction of sp³-hybridized carbons (Fsp3) is 0.640. The van der Waals surface area contributed by atoms with E-state index < -0.39 is 0 Å². The molecule has 0 bridgehead atoms. The first-order chi connectivity index (χ1) is 16.1. The van der Waals surface area contributed by atoms with Gasteiger partial charge in [-0.1, -0.05) is 42.2 Å². The molecule has 8 heteroatoms. The van der Waals surface area contributed by atoms with Crippen LogP contribution in [0.25, 0.3) is 11.4 Å². The van der Waals surface area contributed by atoms with Gasteiger partial charge >= 0.3 is 0 Å². The van der Waals surface area contributed by atoms with E-state index in [9.17, 15) is 4.79 Å². The van der Waals surface area contributed by atoms with Crippen LogP contribution in [-0.4, -0.2) is 64.6 Å². The zero-order valence-electron chi connectivity index (χ0n) is 19.6. The predicted octanol–water partition coefficient (Wildman–Crippen LogP) is 4.37. The maximum atomic E-state index is 12.6. The second-order valence-corrected chi connectivity index (χ2v) is 9.69. The van der Waals surface area contributed by atoms with E-state index in [-0.39, 0.29) is 11.8 Å². The van der Waals surface area contributed by atoms with E-state index in [2.05, 4.69) is 32.2 Å². The van der Waals surface area contributed by atoms with Crippen molar-refractivity contribution in [3.63, 3.8) is 0 Å². The number of hydrogen-bond acceptors (Lipinski definition) is 6. The summed E-state index contributed by atoms with van der Waals surface area (Å²) in [6.45, 7) is 7.68. The Morgan fingerprint density at radius 2 is 2.00 bits per heavy atom. The van der Waals surface area contributed by atoms with Crippen molar-refractivity contribution < 1.29 is 9.32 Å². The van der Waals surface area contributed by atoms with Crippen molar-refractivity contribution in [1.82, 2.24) is 25.3 Å². The van der Waals surface area contributed by atoms with Gasteiger partial charge < -0.3 is 14.7 Å². The first kappa shape index (κ1) is 24.2. The van der Waals surface area contributed by atoms with Gasteiger partial charge in [-0.3, -0.25) is 9.69 Å². The lowest BCUT2D eigenvalue weighted by atomic mass is 9.96. The molecule has 2 aliphatic rings. The van der Waals surface area contributed by atoms with Crippen molar-refractivity contribution >= 4 is 17.5 Å².